The van der Waals surface area contributed by atoms with Gasteiger partial charge in [-0.3, -0.25) is 14.8 Å². The first-order valence-corrected chi connectivity index (χ1v) is 9.90. The molecule has 27 heavy (non-hydrogen) atoms. The summed E-state index contributed by atoms with van der Waals surface area (Å²) in [6.07, 6.45) is 8.41. The Balaban J connectivity index is 0.00000126. The summed E-state index contributed by atoms with van der Waals surface area (Å²) in [5.41, 5.74) is 6.74. The van der Waals surface area contributed by atoms with E-state index >= 15 is 0 Å². The average molecular weight is 363 g/mol. The molecule has 0 saturated carbocycles. The molecule has 2 aliphatic heterocycles. The molecule has 2 aliphatic rings. The number of hydrogen-bond donors (Lipinski definition) is 0. The Morgan fingerprint density at radius 2 is 1.78 bits per heavy atom. The van der Waals surface area contributed by atoms with Crippen LogP contribution in [0.25, 0.3) is 0 Å². The van der Waals surface area contributed by atoms with Gasteiger partial charge in [0.25, 0.3) is 0 Å². The first kappa shape index (κ1) is 20.8. The van der Waals surface area contributed by atoms with Crippen LogP contribution in [0.3, 0.4) is 0 Å². The number of carbonyl (C=O) groups excluding carboxylic acids is 1. The van der Waals surface area contributed by atoms with Crippen LogP contribution in [0.2, 0.25) is 0 Å². The van der Waals surface area contributed by atoms with E-state index in [0.29, 0.717) is 12.8 Å². The lowest BCUT2D eigenvalue weighted by molar-refractivity contribution is -0.117. The summed E-state index contributed by atoms with van der Waals surface area (Å²) in [6.45, 7) is 10.3. The van der Waals surface area contributed by atoms with Crippen LogP contribution in [0, 0.1) is 0 Å². The molecule has 3 heteroatoms. The predicted octanol–water partition coefficient (Wildman–Crippen LogP) is 6.03. The van der Waals surface area contributed by atoms with Gasteiger partial charge >= 0.3 is 0 Å². The Bertz CT molecular complexity index is 795. The van der Waals surface area contributed by atoms with Crippen molar-refractivity contribution in [3.8, 4) is 0 Å². The Labute approximate surface area is 163 Å². The summed E-state index contributed by atoms with van der Waals surface area (Å²) in [4.78, 5) is 21.1. The van der Waals surface area contributed by atoms with Crippen molar-refractivity contribution >= 4 is 17.2 Å². The van der Waals surface area contributed by atoms with Crippen molar-refractivity contribution in [2.45, 2.75) is 59.3 Å². The van der Waals surface area contributed by atoms with Crippen molar-refractivity contribution in [3.63, 3.8) is 0 Å². The molecule has 3 nitrogen and oxygen atoms in total. The molecular formula is C24H30N2O. The van der Waals surface area contributed by atoms with Crippen molar-refractivity contribution in [2.75, 3.05) is 0 Å². The highest BCUT2D eigenvalue weighted by molar-refractivity contribution is 6.06. The van der Waals surface area contributed by atoms with Gasteiger partial charge in [0, 0.05) is 43.1 Å². The average Bonchev–Trinajstić information content (AvgIpc) is 3.28. The van der Waals surface area contributed by atoms with Gasteiger partial charge in [-0.2, -0.15) is 0 Å². The van der Waals surface area contributed by atoms with Crippen molar-refractivity contribution in [3.05, 3.63) is 71.6 Å². The summed E-state index contributed by atoms with van der Waals surface area (Å²) in [5.74, 6) is 0.227. The third kappa shape index (κ3) is 5.99. The predicted molar refractivity (Wildman–Crippen MR) is 115 cm³/mol. The number of aliphatic imine (C=N–C) groups is 2. The summed E-state index contributed by atoms with van der Waals surface area (Å²) in [7, 11) is 0. The Hall–Kier alpha value is -2.55. The molecule has 142 valence electrons. The largest absolute Gasteiger partial charge is 0.299 e. The molecule has 0 fully saturated rings. The van der Waals surface area contributed by atoms with Crippen LogP contribution < -0.4 is 0 Å². The van der Waals surface area contributed by atoms with Crippen LogP contribution in [0.1, 0.15) is 58.4 Å². The van der Waals surface area contributed by atoms with Crippen LogP contribution in [0.4, 0.5) is 0 Å². The molecule has 2 heterocycles. The third-order valence-electron chi connectivity index (χ3n) is 4.68. The highest BCUT2D eigenvalue weighted by Crippen LogP contribution is 2.26. The molecule has 0 unspecified atom stereocenters. The van der Waals surface area contributed by atoms with Gasteiger partial charge in [0.2, 0.25) is 0 Å². The Morgan fingerprint density at radius 3 is 2.44 bits per heavy atom. The molecule has 0 radical (unpaired) electrons. The molecule has 0 bridgehead atoms. The Morgan fingerprint density at radius 1 is 1.04 bits per heavy atom. The maximum Gasteiger partial charge on any atom is 0.142 e. The van der Waals surface area contributed by atoms with Crippen LogP contribution in [0.5, 0.6) is 0 Å². The smallest absolute Gasteiger partial charge is 0.142 e. The van der Waals surface area contributed by atoms with Crippen LogP contribution in [-0.2, 0) is 11.2 Å². The summed E-state index contributed by atoms with van der Waals surface area (Å²) < 4.78 is 0. The van der Waals surface area contributed by atoms with E-state index in [0.717, 1.165) is 48.2 Å². The summed E-state index contributed by atoms with van der Waals surface area (Å²) in [5, 5.41) is 0. The van der Waals surface area contributed by atoms with E-state index in [4.69, 9.17) is 0 Å². The van der Waals surface area contributed by atoms with E-state index in [2.05, 4.69) is 23.5 Å². The molecule has 0 N–H and O–H groups in total. The summed E-state index contributed by atoms with van der Waals surface area (Å²) in [6, 6.07) is 9.88. The molecule has 0 aliphatic carbocycles. The van der Waals surface area contributed by atoms with Crippen LogP contribution in [0.15, 0.2) is 76.0 Å². The second-order valence-corrected chi connectivity index (χ2v) is 6.60. The number of nitrogens with zero attached hydrogens (tertiary/aromatic N) is 2. The molecule has 1 aromatic rings. The van der Waals surface area contributed by atoms with Gasteiger partial charge in [0.15, 0.2) is 0 Å². The zero-order valence-corrected chi connectivity index (χ0v) is 16.8. The van der Waals surface area contributed by atoms with Gasteiger partial charge in [0.1, 0.15) is 5.78 Å². The van der Waals surface area contributed by atoms with E-state index in [-0.39, 0.29) is 5.78 Å². The molecule has 1 aromatic carbocycles. The molecule has 0 amide bonds. The lowest BCUT2D eigenvalue weighted by Crippen LogP contribution is -2.09. The highest BCUT2D eigenvalue weighted by Gasteiger charge is 2.17. The van der Waals surface area contributed by atoms with Gasteiger partial charge in [-0.05, 0) is 41.5 Å². The lowest BCUT2D eigenvalue weighted by atomic mass is 9.96. The summed E-state index contributed by atoms with van der Waals surface area (Å²) >= 11 is 0. The number of benzene rings is 1. The van der Waals surface area contributed by atoms with Crippen molar-refractivity contribution in [2.24, 2.45) is 9.98 Å². The number of hydrogen-bond acceptors (Lipinski definition) is 3. The van der Waals surface area contributed by atoms with Crippen molar-refractivity contribution in [1.82, 2.24) is 0 Å². The molecule has 0 spiro atoms. The molecule has 3 rings (SSSR count). The van der Waals surface area contributed by atoms with Gasteiger partial charge in [-0.25, -0.2) is 0 Å². The third-order valence-corrected chi connectivity index (χ3v) is 4.68. The monoisotopic (exact) mass is 362 g/mol. The SMILES string of the molecule is C=C1C(CC)=CN=C1CCC1=CN=C(CC(=O)Cc2ccccc2)C1.CC. The van der Waals surface area contributed by atoms with E-state index in [1.54, 1.807) is 0 Å². The lowest BCUT2D eigenvalue weighted by Gasteiger charge is -2.07. The van der Waals surface area contributed by atoms with Crippen LogP contribution in [-0.4, -0.2) is 17.2 Å². The van der Waals surface area contributed by atoms with E-state index in [1.807, 2.05) is 56.6 Å². The fourth-order valence-corrected chi connectivity index (χ4v) is 3.21. The minimum atomic E-state index is 0.227. The number of carbonyl (C=O) groups is 1. The number of ketones is 1. The standard InChI is InChI=1S/C22H24N2O.C2H6/c1-3-19-15-24-22(16(19)2)10-9-18-11-20(23-14-18)13-21(25)12-17-7-5-4-6-8-17;1-2/h4-8,14-15H,2-3,9-13H2,1H3;1-2H3. The number of allylic oxidation sites excluding steroid dienone is 3. The zero-order chi connectivity index (χ0) is 19.6. The van der Waals surface area contributed by atoms with Crippen molar-refractivity contribution in [1.29, 1.82) is 0 Å². The second kappa shape index (κ2) is 10.6. The van der Waals surface area contributed by atoms with Gasteiger partial charge in [0.05, 0.1) is 0 Å². The first-order valence-electron chi connectivity index (χ1n) is 9.90. The first-order chi connectivity index (χ1) is 13.2. The highest BCUT2D eigenvalue weighted by atomic mass is 16.1. The van der Waals surface area contributed by atoms with Crippen molar-refractivity contribution < 1.29 is 4.79 Å². The number of Topliss-reactive ketones (excluding diaryl/α,β-unsaturated/α-hetero) is 1. The quantitative estimate of drug-likeness (QED) is 0.557. The topological polar surface area (TPSA) is 41.8 Å². The second-order valence-electron chi connectivity index (χ2n) is 6.60. The van der Waals surface area contributed by atoms with E-state index in [9.17, 15) is 4.79 Å². The maximum absolute atomic E-state index is 12.2. The molecule has 0 aromatic heterocycles. The van der Waals surface area contributed by atoms with Gasteiger partial charge in [-0.1, -0.05) is 57.7 Å². The molecule has 0 atom stereocenters. The van der Waals surface area contributed by atoms with E-state index < -0.39 is 0 Å². The molecular weight excluding hydrogens is 332 g/mol. The Kier molecular flexibility index (Phi) is 8.12. The molecule has 0 saturated heterocycles. The van der Waals surface area contributed by atoms with Crippen LogP contribution >= 0.6 is 0 Å². The van der Waals surface area contributed by atoms with E-state index in [1.165, 1.54) is 11.1 Å². The van der Waals surface area contributed by atoms with Gasteiger partial charge in [-0.15, -0.1) is 0 Å². The minimum Gasteiger partial charge on any atom is -0.299 e. The van der Waals surface area contributed by atoms with Gasteiger partial charge < -0.3 is 0 Å². The zero-order valence-electron chi connectivity index (χ0n) is 16.8. The normalized spacial score (nSPS) is 15.4. The fourth-order valence-electron chi connectivity index (χ4n) is 3.21. The maximum atomic E-state index is 12.2. The minimum absolute atomic E-state index is 0.227. The fraction of sp³-hybridized carbons (Fsp3) is 0.375. The number of rotatable bonds is 8.